The van der Waals surface area contributed by atoms with Gasteiger partial charge in [0.05, 0.1) is 6.61 Å². The Labute approximate surface area is 101 Å². The minimum absolute atomic E-state index is 0.625. The summed E-state index contributed by atoms with van der Waals surface area (Å²) < 4.78 is 5.59. The molecular formula is C13H17N3O. The first-order valence-corrected chi connectivity index (χ1v) is 5.79. The highest BCUT2D eigenvalue weighted by Gasteiger charge is 2.00. The Bertz CT molecular complexity index is 439. The maximum Gasteiger partial charge on any atom is 0.119 e. The third kappa shape index (κ3) is 3.60. The summed E-state index contributed by atoms with van der Waals surface area (Å²) in [6.07, 6.45) is 3.46. The second-order valence-electron chi connectivity index (χ2n) is 3.81. The summed E-state index contributed by atoms with van der Waals surface area (Å²) >= 11 is 0. The van der Waals surface area contributed by atoms with Crippen LogP contribution < -0.4 is 10.5 Å². The van der Waals surface area contributed by atoms with E-state index in [-0.39, 0.29) is 0 Å². The Morgan fingerprint density at radius 1 is 1.18 bits per heavy atom. The van der Waals surface area contributed by atoms with Gasteiger partial charge in [0.15, 0.2) is 0 Å². The van der Waals surface area contributed by atoms with Crippen LogP contribution in [0.15, 0.2) is 36.5 Å². The van der Waals surface area contributed by atoms with E-state index in [2.05, 4.69) is 9.97 Å². The number of ether oxygens (including phenoxy) is 1. The van der Waals surface area contributed by atoms with E-state index in [1.807, 2.05) is 36.5 Å². The van der Waals surface area contributed by atoms with Crippen LogP contribution in [0.3, 0.4) is 0 Å². The minimum atomic E-state index is 0.625. The normalized spacial score (nSPS) is 10.4. The van der Waals surface area contributed by atoms with E-state index >= 15 is 0 Å². The van der Waals surface area contributed by atoms with Crippen LogP contribution in [0.4, 0.5) is 0 Å². The fourth-order valence-corrected chi connectivity index (χ4v) is 1.60. The Balaban J connectivity index is 1.78. The summed E-state index contributed by atoms with van der Waals surface area (Å²) in [7, 11) is 0. The second kappa shape index (κ2) is 6.06. The first kappa shape index (κ1) is 11.7. The van der Waals surface area contributed by atoms with Gasteiger partial charge in [0, 0.05) is 24.7 Å². The molecule has 1 aromatic heterocycles. The highest BCUT2D eigenvalue weighted by Crippen LogP contribution is 2.08. The summed E-state index contributed by atoms with van der Waals surface area (Å²) in [5.41, 5.74) is 6.56. The molecule has 4 nitrogen and oxygen atoms in total. The van der Waals surface area contributed by atoms with Gasteiger partial charge >= 0.3 is 0 Å². The van der Waals surface area contributed by atoms with Crippen molar-refractivity contribution in [3.05, 3.63) is 48.0 Å². The number of aromatic amines is 1. The molecular weight excluding hydrogens is 214 g/mol. The topological polar surface area (TPSA) is 63.9 Å². The number of para-hydroxylation sites is 1. The lowest BCUT2D eigenvalue weighted by Gasteiger charge is -2.03. The quantitative estimate of drug-likeness (QED) is 0.792. The highest BCUT2D eigenvalue weighted by atomic mass is 16.5. The number of benzene rings is 1. The summed E-state index contributed by atoms with van der Waals surface area (Å²) in [4.78, 5) is 7.50. The predicted molar refractivity (Wildman–Crippen MR) is 67.0 cm³/mol. The third-order valence-corrected chi connectivity index (χ3v) is 2.45. The summed E-state index contributed by atoms with van der Waals surface area (Å²) in [5, 5.41) is 0. The van der Waals surface area contributed by atoms with Gasteiger partial charge in [0.2, 0.25) is 0 Å². The molecule has 0 fully saturated rings. The molecule has 0 amide bonds. The van der Waals surface area contributed by atoms with Gasteiger partial charge in [0.25, 0.3) is 0 Å². The average Bonchev–Trinajstić information content (AvgIpc) is 2.79. The number of nitrogens with two attached hydrogens (primary N) is 1. The lowest BCUT2D eigenvalue weighted by molar-refractivity contribution is 0.319. The number of nitrogens with zero attached hydrogens (tertiary/aromatic N) is 1. The molecule has 0 aliphatic heterocycles. The van der Waals surface area contributed by atoms with Crippen molar-refractivity contribution in [2.45, 2.75) is 12.8 Å². The minimum Gasteiger partial charge on any atom is -0.493 e. The van der Waals surface area contributed by atoms with Crippen LogP contribution in [0.25, 0.3) is 0 Å². The number of rotatable bonds is 6. The fraction of sp³-hybridized carbons (Fsp3) is 0.308. The molecule has 1 aromatic carbocycles. The molecule has 2 aromatic rings. The van der Waals surface area contributed by atoms with E-state index in [1.165, 1.54) is 0 Å². The Hall–Kier alpha value is -1.81. The molecule has 2 rings (SSSR count). The zero-order valence-electron chi connectivity index (χ0n) is 9.73. The zero-order valence-corrected chi connectivity index (χ0v) is 9.73. The van der Waals surface area contributed by atoms with Crippen LogP contribution in [-0.2, 0) is 12.8 Å². The molecule has 0 unspecified atom stereocenters. The van der Waals surface area contributed by atoms with Crippen molar-refractivity contribution in [2.75, 3.05) is 13.2 Å². The van der Waals surface area contributed by atoms with Crippen molar-refractivity contribution in [1.82, 2.24) is 9.97 Å². The average molecular weight is 231 g/mol. The number of hydrogen-bond donors (Lipinski definition) is 2. The standard InChI is InChI=1S/C13H17N3O/c14-8-6-11-10-15-13(16-11)7-9-17-12-4-2-1-3-5-12/h1-5,10H,6-9,14H2,(H,15,16). The van der Waals surface area contributed by atoms with E-state index in [9.17, 15) is 0 Å². The van der Waals surface area contributed by atoms with Gasteiger partial charge in [-0.25, -0.2) is 4.98 Å². The molecule has 0 saturated carbocycles. The summed E-state index contributed by atoms with van der Waals surface area (Å²) in [6, 6.07) is 9.78. The first-order valence-electron chi connectivity index (χ1n) is 5.79. The van der Waals surface area contributed by atoms with Crippen LogP contribution in [0.1, 0.15) is 11.5 Å². The Morgan fingerprint density at radius 3 is 2.76 bits per heavy atom. The number of nitrogens with one attached hydrogen (secondary N) is 1. The number of imidazole rings is 1. The van der Waals surface area contributed by atoms with E-state index in [0.29, 0.717) is 13.2 Å². The largest absolute Gasteiger partial charge is 0.493 e. The molecule has 0 atom stereocenters. The van der Waals surface area contributed by atoms with Gasteiger partial charge in [-0.1, -0.05) is 18.2 Å². The molecule has 0 saturated heterocycles. The van der Waals surface area contributed by atoms with Gasteiger partial charge in [-0.15, -0.1) is 0 Å². The first-order chi connectivity index (χ1) is 8.38. The third-order valence-electron chi connectivity index (χ3n) is 2.45. The molecule has 1 heterocycles. The van der Waals surface area contributed by atoms with Crippen molar-refractivity contribution in [3.8, 4) is 5.75 Å². The van der Waals surface area contributed by atoms with Crippen molar-refractivity contribution >= 4 is 0 Å². The predicted octanol–water partition coefficient (Wildman–Crippen LogP) is 1.53. The van der Waals surface area contributed by atoms with Crippen LogP contribution >= 0.6 is 0 Å². The molecule has 0 bridgehead atoms. The van der Waals surface area contributed by atoms with Gasteiger partial charge < -0.3 is 15.5 Å². The number of H-pyrrole nitrogens is 1. The molecule has 0 spiro atoms. The molecule has 0 radical (unpaired) electrons. The van der Waals surface area contributed by atoms with Crippen molar-refractivity contribution in [1.29, 1.82) is 0 Å². The van der Waals surface area contributed by atoms with Gasteiger partial charge in [-0.05, 0) is 18.7 Å². The van der Waals surface area contributed by atoms with Crippen LogP contribution in [-0.4, -0.2) is 23.1 Å². The lowest BCUT2D eigenvalue weighted by Crippen LogP contribution is -2.04. The molecule has 0 aliphatic carbocycles. The lowest BCUT2D eigenvalue weighted by atomic mass is 10.3. The molecule has 3 N–H and O–H groups in total. The van der Waals surface area contributed by atoms with Crippen LogP contribution in [0.5, 0.6) is 5.75 Å². The SMILES string of the molecule is NCCc1cnc(CCOc2ccccc2)[nH]1. The zero-order chi connectivity index (χ0) is 11.9. The molecule has 90 valence electrons. The van der Waals surface area contributed by atoms with E-state index in [4.69, 9.17) is 10.5 Å². The van der Waals surface area contributed by atoms with Crippen molar-refractivity contribution < 1.29 is 4.74 Å². The van der Waals surface area contributed by atoms with Crippen molar-refractivity contribution in [3.63, 3.8) is 0 Å². The van der Waals surface area contributed by atoms with E-state index < -0.39 is 0 Å². The molecule has 0 aliphatic rings. The van der Waals surface area contributed by atoms with Gasteiger partial charge in [-0.3, -0.25) is 0 Å². The Kier molecular flexibility index (Phi) is 4.16. The number of aromatic nitrogens is 2. The highest BCUT2D eigenvalue weighted by molar-refractivity contribution is 5.20. The van der Waals surface area contributed by atoms with E-state index in [1.54, 1.807) is 0 Å². The van der Waals surface area contributed by atoms with Gasteiger partial charge in [0.1, 0.15) is 11.6 Å². The Morgan fingerprint density at radius 2 is 2.00 bits per heavy atom. The molecule has 4 heteroatoms. The van der Waals surface area contributed by atoms with Gasteiger partial charge in [-0.2, -0.15) is 0 Å². The fourth-order valence-electron chi connectivity index (χ4n) is 1.60. The van der Waals surface area contributed by atoms with E-state index in [0.717, 1.165) is 30.1 Å². The summed E-state index contributed by atoms with van der Waals surface area (Å²) in [6.45, 7) is 1.27. The summed E-state index contributed by atoms with van der Waals surface area (Å²) in [5.74, 6) is 1.84. The monoisotopic (exact) mass is 231 g/mol. The number of hydrogen-bond acceptors (Lipinski definition) is 3. The van der Waals surface area contributed by atoms with Crippen molar-refractivity contribution in [2.24, 2.45) is 5.73 Å². The van der Waals surface area contributed by atoms with Crippen LogP contribution in [0, 0.1) is 0 Å². The molecule has 17 heavy (non-hydrogen) atoms. The maximum absolute atomic E-state index is 5.59. The van der Waals surface area contributed by atoms with Crippen LogP contribution in [0.2, 0.25) is 0 Å². The second-order valence-corrected chi connectivity index (χ2v) is 3.81. The maximum atomic E-state index is 5.59. The smallest absolute Gasteiger partial charge is 0.119 e.